The highest BCUT2D eigenvalue weighted by atomic mass is 16.6. The normalized spacial score (nSPS) is 20.1. The van der Waals surface area contributed by atoms with Crippen LogP contribution in [0.2, 0.25) is 0 Å². The lowest BCUT2D eigenvalue weighted by atomic mass is 9.67. The lowest BCUT2D eigenvalue weighted by molar-refractivity contribution is -0.145. The number of aliphatic hydroxyl groups excluding tert-OH is 2. The zero-order chi connectivity index (χ0) is 25.3. The maximum Gasteiger partial charge on any atom is 0.344 e. The van der Waals surface area contributed by atoms with Crippen molar-refractivity contribution >= 4 is 17.5 Å². The lowest BCUT2D eigenvalue weighted by Crippen LogP contribution is -2.33. The number of aliphatic hydroxyl groups is 2. The van der Waals surface area contributed by atoms with Crippen molar-refractivity contribution in [3.63, 3.8) is 0 Å². The summed E-state index contributed by atoms with van der Waals surface area (Å²) in [5, 5.41) is 21.9. The molecule has 0 bridgehead atoms. The molecule has 1 aromatic rings. The molecule has 2 aliphatic carbocycles. The summed E-state index contributed by atoms with van der Waals surface area (Å²) in [4.78, 5) is 38.0. The van der Waals surface area contributed by atoms with Gasteiger partial charge in [-0.05, 0) is 35.4 Å². The Hall–Kier alpha value is -3.09. The van der Waals surface area contributed by atoms with E-state index in [0.29, 0.717) is 24.2 Å². The minimum absolute atomic E-state index is 0.0492. The minimum Gasteiger partial charge on any atom is -0.512 e. The van der Waals surface area contributed by atoms with Crippen molar-refractivity contribution in [3.8, 4) is 5.75 Å². The Balaban J connectivity index is 2.04. The number of ketones is 2. The Morgan fingerprint density at radius 1 is 0.882 bits per heavy atom. The number of allylic oxidation sites excluding steroid dienone is 4. The third-order valence-corrected chi connectivity index (χ3v) is 6.25. The van der Waals surface area contributed by atoms with Crippen LogP contribution in [0.15, 0.2) is 46.9 Å². The average molecular weight is 471 g/mol. The van der Waals surface area contributed by atoms with Crippen LogP contribution in [0.1, 0.15) is 71.8 Å². The predicted molar refractivity (Wildman–Crippen MR) is 127 cm³/mol. The summed E-state index contributed by atoms with van der Waals surface area (Å²) in [5.41, 5.74) is 0.111. The van der Waals surface area contributed by atoms with Crippen LogP contribution in [0.3, 0.4) is 0 Å². The molecule has 7 nitrogen and oxygen atoms in total. The van der Waals surface area contributed by atoms with Crippen molar-refractivity contribution in [1.29, 1.82) is 0 Å². The average Bonchev–Trinajstić information content (AvgIpc) is 2.69. The van der Waals surface area contributed by atoms with Gasteiger partial charge >= 0.3 is 5.97 Å². The van der Waals surface area contributed by atoms with Crippen molar-refractivity contribution in [3.05, 3.63) is 52.5 Å². The predicted octanol–water partition coefficient (Wildman–Crippen LogP) is 5.11. The summed E-state index contributed by atoms with van der Waals surface area (Å²) in [6.45, 7) is 9.37. The van der Waals surface area contributed by atoms with E-state index in [4.69, 9.17) is 9.47 Å². The van der Waals surface area contributed by atoms with Crippen molar-refractivity contribution in [2.24, 2.45) is 10.8 Å². The monoisotopic (exact) mass is 470 g/mol. The van der Waals surface area contributed by atoms with Crippen LogP contribution in [0, 0.1) is 10.8 Å². The molecule has 0 spiro atoms. The smallest absolute Gasteiger partial charge is 0.344 e. The third-order valence-electron chi connectivity index (χ3n) is 6.25. The molecule has 34 heavy (non-hydrogen) atoms. The molecule has 2 N–H and O–H groups in total. The van der Waals surface area contributed by atoms with Gasteiger partial charge in [0.05, 0.1) is 6.61 Å². The molecule has 7 heteroatoms. The molecule has 0 fully saturated rings. The Morgan fingerprint density at radius 2 is 1.35 bits per heavy atom. The van der Waals surface area contributed by atoms with Gasteiger partial charge in [-0.1, -0.05) is 39.8 Å². The molecular weight excluding hydrogens is 436 g/mol. The molecule has 0 saturated heterocycles. The van der Waals surface area contributed by atoms with E-state index in [1.54, 1.807) is 31.2 Å². The largest absolute Gasteiger partial charge is 0.512 e. The lowest BCUT2D eigenvalue weighted by Gasteiger charge is -2.36. The Labute approximate surface area is 200 Å². The number of benzene rings is 1. The van der Waals surface area contributed by atoms with E-state index < -0.39 is 22.7 Å². The summed E-state index contributed by atoms with van der Waals surface area (Å²) in [5.74, 6) is -1.52. The Kier molecular flexibility index (Phi) is 7.24. The summed E-state index contributed by atoms with van der Waals surface area (Å²) in [7, 11) is 0. The molecule has 0 saturated carbocycles. The Morgan fingerprint density at radius 3 is 1.76 bits per heavy atom. The van der Waals surface area contributed by atoms with Crippen LogP contribution in [0.25, 0.3) is 0 Å². The highest BCUT2D eigenvalue weighted by Crippen LogP contribution is 2.47. The third kappa shape index (κ3) is 5.69. The van der Waals surface area contributed by atoms with Gasteiger partial charge in [0.15, 0.2) is 18.2 Å². The highest BCUT2D eigenvalue weighted by molar-refractivity contribution is 6.05. The second-order valence-corrected chi connectivity index (χ2v) is 10.7. The number of hydrogen-bond acceptors (Lipinski definition) is 7. The topological polar surface area (TPSA) is 110 Å². The van der Waals surface area contributed by atoms with Gasteiger partial charge in [0, 0.05) is 42.7 Å². The van der Waals surface area contributed by atoms with E-state index in [2.05, 4.69) is 0 Å². The SMILES string of the molecule is CCOC(=O)COc1ccc(C(C2=C(O)CC(C)(C)CC2=O)C2=C(O)CC(C)(C)CC2=O)cc1. The number of carbonyl (C=O) groups excluding carboxylic acids is 3. The van der Waals surface area contributed by atoms with E-state index in [9.17, 15) is 24.6 Å². The fourth-order valence-corrected chi connectivity index (χ4v) is 4.84. The molecule has 3 rings (SSSR count). The van der Waals surface area contributed by atoms with Gasteiger partial charge in [0.1, 0.15) is 17.3 Å². The Bertz CT molecular complexity index is 989. The first-order valence-electron chi connectivity index (χ1n) is 11.6. The van der Waals surface area contributed by atoms with Gasteiger partial charge in [-0.15, -0.1) is 0 Å². The number of ether oxygens (including phenoxy) is 2. The van der Waals surface area contributed by atoms with Crippen molar-refractivity contribution in [2.75, 3.05) is 13.2 Å². The molecule has 184 valence electrons. The number of rotatable bonds is 7. The van der Waals surface area contributed by atoms with Gasteiger partial charge in [-0.2, -0.15) is 0 Å². The van der Waals surface area contributed by atoms with Crippen LogP contribution in [-0.4, -0.2) is 41.0 Å². The van der Waals surface area contributed by atoms with Crippen LogP contribution in [-0.2, 0) is 19.1 Å². The fourth-order valence-electron chi connectivity index (χ4n) is 4.84. The van der Waals surface area contributed by atoms with Crippen molar-refractivity contribution in [1.82, 2.24) is 0 Å². The van der Waals surface area contributed by atoms with Gasteiger partial charge < -0.3 is 19.7 Å². The quantitative estimate of drug-likeness (QED) is 0.533. The van der Waals surface area contributed by atoms with E-state index >= 15 is 0 Å². The van der Waals surface area contributed by atoms with Crippen LogP contribution in [0.4, 0.5) is 0 Å². The number of hydrogen-bond donors (Lipinski definition) is 2. The maximum atomic E-state index is 13.2. The summed E-state index contributed by atoms with van der Waals surface area (Å²) >= 11 is 0. The van der Waals surface area contributed by atoms with E-state index in [-0.39, 0.29) is 60.3 Å². The molecule has 0 unspecified atom stereocenters. The molecule has 0 aliphatic heterocycles. The summed E-state index contributed by atoms with van der Waals surface area (Å²) < 4.78 is 10.3. The first-order valence-corrected chi connectivity index (χ1v) is 11.6. The fraction of sp³-hybridized carbons (Fsp3) is 0.519. The molecule has 0 aromatic heterocycles. The second kappa shape index (κ2) is 9.65. The molecule has 0 heterocycles. The van der Waals surface area contributed by atoms with Gasteiger partial charge in [0.25, 0.3) is 0 Å². The summed E-state index contributed by atoms with van der Waals surface area (Å²) in [6, 6.07) is 6.63. The molecule has 0 radical (unpaired) electrons. The summed E-state index contributed by atoms with van der Waals surface area (Å²) in [6.07, 6.45) is 1.08. The second-order valence-electron chi connectivity index (χ2n) is 10.7. The van der Waals surface area contributed by atoms with Crippen LogP contribution >= 0.6 is 0 Å². The molecular formula is C27H34O7. The van der Waals surface area contributed by atoms with Crippen LogP contribution < -0.4 is 4.74 Å². The number of esters is 1. The van der Waals surface area contributed by atoms with Crippen molar-refractivity contribution in [2.45, 2.75) is 66.2 Å². The number of Topliss-reactive ketones (excluding diaryl/α,β-unsaturated/α-hetero) is 2. The number of carbonyl (C=O) groups is 3. The van der Waals surface area contributed by atoms with E-state index in [0.717, 1.165) is 0 Å². The molecule has 2 aliphatic rings. The van der Waals surface area contributed by atoms with Crippen LogP contribution in [0.5, 0.6) is 5.75 Å². The zero-order valence-corrected chi connectivity index (χ0v) is 20.6. The first-order chi connectivity index (χ1) is 15.8. The van der Waals surface area contributed by atoms with Gasteiger partial charge in [-0.3, -0.25) is 9.59 Å². The first kappa shape index (κ1) is 25.5. The van der Waals surface area contributed by atoms with E-state index in [1.165, 1.54) is 0 Å². The molecule has 0 atom stereocenters. The highest BCUT2D eigenvalue weighted by Gasteiger charge is 2.43. The van der Waals surface area contributed by atoms with Gasteiger partial charge in [-0.25, -0.2) is 4.79 Å². The molecule has 0 amide bonds. The van der Waals surface area contributed by atoms with Gasteiger partial charge in [0.2, 0.25) is 0 Å². The van der Waals surface area contributed by atoms with Crippen molar-refractivity contribution < 1.29 is 34.1 Å². The molecule has 1 aromatic carbocycles. The maximum absolute atomic E-state index is 13.2. The standard InChI is InChI=1S/C27H34O7/c1-6-33-22(32)15-34-17-9-7-16(8-10-17)23(24-18(28)11-26(2,3)12-19(24)29)25-20(30)13-27(4,5)14-21(25)31/h7-10,23,28,30H,6,11-15H2,1-5H3. The minimum atomic E-state index is -0.883. The van der Waals surface area contributed by atoms with E-state index in [1.807, 2.05) is 27.7 Å². The zero-order valence-electron chi connectivity index (χ0n) is 20.6.